The molecule has 1 saturated heterocycles. The van der Waals surface area contributed by atoms with Gasteiger partial charge in [0.25, 0.3) is 5.91 Å². The van der Waals surface area contributed by atoms with Crippen LogP contribution >= 0.6 is 11.8 Å². The van der Waals surface area contributed by atoms with Gasteiger partial charge < -0.3 is 10.2 Å². The molecule has 1 unspecified atom stereocenters. The molecule has 0 radical (unpaired) electrons. The molecule has 1 aliphatic rings. The van der Waals surface area contributed by atoms with Gasteiger partial charge in [-0.1, -0.05) is 72.8 Å². The number of amides is 2. The summed E-state index contributed by atoms with van der Waals surface area (Å²) in [5, 5.41) is 3.04. The number of thioether (sulfide) groups is 1. The number of nitrogens with zero attached hydrogens (tertiary/aromatic N) is 1. The van der Waals surface area contributed by atoms with E-state index in [9.17, 15) is 9.59 Å². The first-order valence-electron chi connectivity index (χ1n) is 10.5. The van der Waals surface area contributed by atoms with Crippen molar-refractivity contribution in [2.45, 2.75) is 24.8 Å². The highest BCUT2D eigenvalue weighted by Gasteiger charge is 2.32. The fourth-order valence-electron chi connectivity index (χ4n) is 3.77. The number of nitrogens with one attached hydrogen (secondary N) is 1. The van der Waals surface area contributed by atoms with Crippen LogP contribution in [0, 0.1) is 0 Å². The summed E-state index contributed by atoms with van der Waals surface area (Å²) in [4.78, 5) is 27.1. The SMILES string of the molecule is C[C@H](NC(=O)c1ccc(C2SCC(=O)N2CCc2ccccc2)cc1)c1ccccc1. The molecule has 0 aromatic heterocycles. The highest BCUT2D eigenvalue weighted by atomic mass is 32.2. The summed E-state index contributed by atoms with van der Waals surface area (Å²) in [6.07, 6.45) is 0.835. The van der Waals surface area contributed by atoms with Crippen LogP contribution in [0.5, 0.6) is 0 Å². The zero-order valence-electron chi connectivity index (χ0n) is 17.5. The molecule has 1 N–H and O–H groups in total. The standard InChI is InChI=1S/C26H26N2O2S/c1-19(21-10-6-3-7-11-21)27-25(30)22-12-14-23(15-13-22)26-28(24(29)18-31-26)17-16-20-8-4-2-5-9-20/h2-15,19,26H,16-18H2,1H3,(H,27,30)/t19-,26?/m0/s1. The van der Waals surface area contributed by atoms with Crippen LogP contribution in [0.4, 0.5) is 0 Å². The molecule has 3 aromatic rings. The van der Waals surface area contributed by atoms with E-state index in [-0.39, 0.29) is 23.2 Å². The van der Waals surface area contributed by atoms with E-state index in [0.717, 1.165) is 17.5 Å². The molecule has 158 valence electrons. The van der Waals surface area contributed by atoms with Gasteiger partial charge in [-0.05, 0) is 42.2 Å². The zero-order valence-corrected chi connectivity index (χ0v) is 18.3. The van der Waals surface area contributed by atoms with Gasteiger partial charge in [0.2, 0.25) is 5.91 Å². The van der Waals surface area contributed by atoms with Crippen LogP contribution in [0.15, 0.2) is 84.9 Å². The molecule has 2 atom stereocenters. The van der Waals surface area contributed by atoms with Gasteiger partial charge in [0.05, 0.1) is 11.8 Å². The molecule has 1 fully saturated rings. The fourth-order valence-corrected chi connectivity index (χ4v) is 4.99. The Kier molecular flexibility index (Phi) is 6.73. The van der Waals surface area contributed by atoms with Crippen LogP contribution < -0.4 is 5.32 Å². The van der Waals surface area contributed by atoms with Gasteiger partial charge in [0, 0.05) is 12.1 Å². The molecule has 3 aromatic carbocycles. The van der Waals surface area contributed by atoms with E-state index in [0.29, 0.717) is 17.9 Å². The first kappa shape index (κ1) is 21.2. The molecule has 0 spiro atoms. The van der Waals surface area contributed by atoms with Gasteiger partial charge in [-0.2, -0.15) is 0 Å². The summed E-state index contributed by atoms with van der Waals surface area (Å²) >= 11 is 1.64. The molecule has 0 aliphatic carbocycles. The highest BCUT2D eigenvalue weighted by molar-refractivity contribution is 8.00. The van der Waals surface area contributed by atoms with Crippen molar-refractivity contribution < 1.29 is 9.59 Å². The topological polar surface area (TPSA) is 49.4 Å². The fraction of sp³-hybridized carbons (Fsp3) is 0.231. The number of rotatable bonds is 7. The summed E-state index contributed by atoms with van der Waals surface area (Å²) in [6.45, 7) is 2.67. The second-order valence-corrected chi connectivity index (χ2v) is 8.78. The Morgan fingerprint density at radius 1 is 1.00 bits per heavy atom. The van der Waals surface area contributed by atoms with E-state index < -0.39 is 0 Å². The zero-order chi connectivity index (χ0) is 21.6. The average molecular weight is 431 g/mol. The van der Waals surface area contributed by atoms with Crippen LogP contribution in [-0.2, 0) is 11.2 Å². The van der Waals surface area contributed by atoms with Crippen LogP contribution in [0.3, 0.4) is 0 Å². The Labute approximate surface area is 187 Å². The lowest BCUT2D eigenvalue weighted by Gasteiger charge is -2.24. The van der Waals surface area contributed by atoms with E-state index in [1.165, 1.54) is 5.56 Å². The number of benzene rings is 3. The Balaban J connectivity index is 1.40. The van der Waals surface area contributed by atoms with Crippen molar-refractivity contribution in [3.63, 3.8) is 0 Å². The Hall–Kier alpha value is -3.05. The summed E-state index contributed by atoms with van der Waals surface area (Å²) in [7, 11) is 0. The average Bonchev–Trinajstić information content (AvgIpc) is 3.19. The van der Waals surface area contributed by atoms with Crippen LogP contribution in [0.2, 0.25) is 0 Å². The Morgan fingerprint density at radius 3 is 2.32 bits per heavy atom. The predicted molar refractivity (Wildman–Crippen MR) is 126 cm³/mol. The lowest BCUT2D eigenvalue weighted by Crippen LogP contribution is -2.30. The van der Waals surface area contributed by atoms with Crippen molar-refractivity contribution in [1.29, 1.82) is 0 Å². The van der Waals surface area contributed by atoms with Crippen molar-refractivity contribution in [3.8, 4) is 0 Å². The minimum absolute atomic E-state index is 0.00318. The van der Waals surface area contributed by atoms with Crippen molar-refractivity contribution in [1.82, 2.24) is 10.2 Å². The molecule has 2 amide bonds. The third kappa shape index (κ3) is 5.17. The van der Waals surface area contributed by atoms with Gasteiger partial charge in [0.1, 0.15) is 5.37 Å². The van der Waals surface area contributed by atoms with Crippen LogP contribution in [0.1, 0.15) is 45.4 Å². The maximum absolute atomic E-state index is 12.7. The smallest absolute Gasteiger partial charge is 0.251 e. The number of hydrogen-bond acceptors (Lipinski definition) is 3. The second kappa shape index (κ2) is 9.84. The lowest BCUT2D eigenvalue weighted by molar-refractivity contribution is -0.128. The molecule has 0 saturated carbocycles. The summed E-state index contributed by atoms with van der Waals surface area (Å²) in [5.74, 6) is 0.569. The largest absolute Gasteiger partial charge is 0.346 e. The Morgan fingerprint density at radius 2 is 1.65 bits per heavy atom. The molecule has 4 nitrogen and oxygen atoms in total. The third-order valence-corrected chi connectivity index (χ3v) is 6.81. The predicted octanol–water partition coefficient (Wildman–Crippen LogP) is 4.99. The second-order valence-electron chi connectivity index (χ2n) is 7.71. The van der Waals surface area contributed by atoms with Gasteiger partial charge in [-0.25, -0.2) is 0 Å². The summed E-state index contributed by atoms with van der Waals surface area (Å²) in [6, 6.07) is 27.7. The molecular weight excluding hydrogens is 404 g/mol. The van der Waals surface area contributed by atoms with E-state index in [1.54, 1.807) is 11.8 Å². The van der Waals surface area contributed by atoms with Crippen molar-refractivity contribution in [2.75, 3.05) is 12.3 Å². The number of carbonyl (C=O) groups excluding carboxylic acids is 2. The Bertz CT molecular complexity index is 1020. The maximum Gasteiger partial charge on any atom is 0.251 e. The molecule has 1 heterocycles. The highest BCUT2D eigenvalue weighted by Crippen LogP contribution is 2.38. The normalized spacial score (nSPS) is 16.9. The summed E-state index contributed by atoms with van der Waals surface area (Å²) < 4.78 is 0. The van der Waals surface area contributed by atoms with Crippen LogP contribution in [-0.4, -0.2) is 29.0 Å². The molecule has 4 rings (SSSR count). The van der Waals surface area contributed by atoms with E-state index >= 15 is 0 Å². The first-order valence-corrected chi connectivity index (χ1v) is 11.6. The van der Waals surface area contributed by atoms with Crippen molar-refractivity contribution in [3.05, 3.63) is 107 Å². The van der Waals surface area contributed by atoms with Gasteiger partial charge in [-0.3, -0.25) is 9.59 Å². The van der Waals surface area contributed by atoms with Gasteiger partial charge >= 0.3 is 0 Å². The van der Waals surface area contributed by atoms with E-state index in [2.05, 4.69) is 17.4 Å². The maximum atomic E-state index is 12.7. The molecule has 0 bridgehead atoms. The van der Waals surface area contributed by atoms with Crippen molar-refractivity contribution >= 4 is 23.6 Å². The van der Waals surface area contributed by atoms with E-state index in [4.69, 9.17) is 0 Å². The quantitative estimate of drug-likeness (QED) is 0.574. The monoisotopic (exact) mass is 430 g/mol. The third-order valence-electron chi connectivity index (χ3n) is 5.56. The molecular formula is C26H26N2O2S. The molecule has 5 heteroatoms. The summed E-state index contributed by atoms with van der Waals surface area (Å²) in [5.41, 5.74) is 3.97. The minimum Gasteiger partial charge on any atom is -0.346 e. The van der Waals surface area contributed by atoms with Crippen LogP contribution in [0.25, 0.3) is 0 Å². The lowest BCUT2D eigenvalue weighted by atomic mass is 10.1. The molecule has 31 heavy (non-hydrogen) atoms. The minimum atomic E-state index is -0.0982. The van der Waals surface area contributed by atoms with Gasteiger partial charge in [0.15, 0.2) is 0 Å². The van der Waals surface area contributed by atoms with E-state index in [1.807, 2.05) is 84.6 Å². The molecule has 1 aliphatic heterocycles. The first-order chi connectivity index (χ1) is 15.1. The van der Waals surface area contributed by atoms with Gasteiger partial charge in [-0.15, -0.1) is 11.8 Å². The number of hydrogen-bond donors (Lipinski definition) is 1. The van der Waals surface area contributed by atoms with Crippen molar-refractivity contribution in [2.24, 2.45) is 0 Å². The number of carbonyl (C=O) groups is 2.